The van der Waals surface area contributed by atoms with E-state index >= 15 is 0 Å². The van der Waals surface area contributed by atoms with Crippen molar-refractivity contribution in [3.63, 3.8) is 0 Å². The lowest BCUT2D eigenvalue weighted by Crippen LogP contribution is -2.00. The lowest BCUT2D eigenvalue weighted by atomic mass is 10.0. The summed E-state index contributed by atoms with van der Waals surface area (Å²) in [6, 6.07) is 0. The summed E-state index contributed by atoms with van der Waals surface area (Å²) in [5.74, 6) is 0.347. The molecule has 1 atom stereocenters. The molecular weight excluding hydrogens is 196 g/mol. The van der Waals surface area contributed by atoms with E-state index in [0.717, 1.165) is 29.8 Å². The number of rotatable bonds is 5. The van der Waals surface area contributed by atoms with Crippen LogP contribution in [0, 0.1) is 0 Å². The van der Waals surface area contributed by atoms with E-state index in [1.807, 2.05) is 0 Å². The molecule has 1 heterocycles. The standard InChI is InChI=1S/C10H18N2OS/c1-4-5-6-8(13)10-9(7(2)3)11-12-14-10/h7-8,13H,4-6H2,1-3H3. The maximum atomic E-state index is 9.90. The van der Waals surface area contributed by atoms with E-state index < -0.39 is 0 Å². The first-order valence-electron chi connectivity index (χ1n) is 5.17. The molecule has 0 aliphatic heterocycles. The van der Waals surface area contributed by atoms with Crippen molar-refractivity contribution in [2.24, 2.45) is 0 Å². The lowest BCUT2D eigenvalue weighted by molar-refractivity contribution is 0.166. The number of aromatic nitrogens is 2. The number of unbranched alkanes of at least 4 members (excludes halogenated alkanes) is 1. The predicted molar refractivity (Wildman–Crippen MR) is 58.5 cm³/mol. The molecule has 0 aliphatic carbocycles. The first kappa shape index (κ1) is 11.6. The van der Waals surface area contributed by atoms with Crippen molar-refractivity contribution < 1.29 is 5.11 Å². The lowest BCUT2D eigenvalue weighted by Gasteiger charge is -2.10. The molecule has 0 bridgehead atoms. The second kappa shape index (κ2) is 5.41. The van der Waals surface area contributed by atoms with Gasteiger partial charge < -0.3 is 5.11 Å². The highest BCUT2D eigenvalue weighted by molar-refractivity contribution is 7.05. The van der Waals surface area contributed by atoms with Crippen LogP contribution in [0.15, 0.2) is 0 Å². The van der Waals surface area contributed by atoms with E-state index in [-0.39, 0.29) is 6.10 Å². The fraction of sp³-hybridized carbons (Fsp3) is 0.800. The average molecular weight is 214 g/mol. The normalized spacial score (nSPS) is 13.5. The molecule has 3 nitrogen and oxygen atoms in total. The van der Waals surface area contributed by atoms with Crippen molar-refractivity contribution in [1.29, 1.82) is 0 Å². The second-order valence-electron chi connectivity index (χ2n) is 3.84. The van der Waals surface area contributed by atoms with Crippen LogP contribution in [0.3, 0.4) is 0 Å². The molecule has 0 saturated carbocycles. The summed E-state index contributed by atoms with van der Waals surface area (Å²) in [6.07, 6.45) is 2.61. The Balaban J connectivity index is 2.68. The Hall–Kier alpha value is -0.480. The number of nitrogens with zero attached hydrogens (tertiary/aromatic N) is 2. The van der Waals surface area contributed by atoms with Crippen molar-refractivity contribution in [2.75, 3.05) is 0 Å². The molecule has 1 rings (SSSR count). The van der Waals surface area contributed by atoms with Gasteiger partial charge in [0.25, 0.3) is 0 Å². The molecule has 0 saturated heterocycles. The van der Waals surface area contributed by atoms with Crippen LogP contribution in [-0.2, 0) is 0 Å². The fourth-order valence-corrected chi connectivity index (χ4v) is 2.19. The zero-order valence-corrected chi connectivity index (χ0v) is 9.84. The first-order chi connectivity index (χ1) is 6.66. The van der Waals surface area contributed by atoms with Gasteiger partial charge in [0.05, 0.1) is 16.7 Å². The Morgan fingerprint density at radius 3 is 2.71 bits per heavy atom. The van der Waals surface area contributed by atoms with Gasteiger partial charge in [0.1, 0.15) is 0 Å². The number of hydrogen-bond acceptors (Lipinski definition) is 4. The predicted octanol–water partition coefficient (Wildman–Crippen LogP) is 2.89. The third kappa shape index (κ3) is 2.75. The van der Waals surface area contributed by atoms with Crippen LogP contribution in [0.2, 0.25) is 0 Å². The zero-order valence-electron chi connectivity index (χ0n) is 9.03. The molecular formula is C10H18N2OS. The van der Waals surface area contributed by atoms with Crippen LogP contribution in [-0.4, -0.2) is 14.7 Å². The number of aliphatic hydroxyl groups excluding tert-OH is 1. The molecule has 14 heavy (non-hydrogen) atoms. The van der Waals surface area contributed by atoms with Gasteiger partial charge in [0.2, 0.25) is 0 Å². The van der Waals surface area contributed by atoms with Crippen molar-refractivity contribution in [3.8, 4) is 0 Å². The van der Waals surface area contributed by atoms with E-state index in [0.29, 0.717) is 5.92 Å². The Morgan fingerprint density at radius 2 is 2.14 bits per heavy atom. The van der Waals surface area contributed by atoms with Crippen molar-refractivity contribution >= 4 is 11.5 Å². The SMILES string of the molecule is CCCCC(O)c1snnc1C(C)C. The zero-order chi connectivity index (χ0) is 10.6. The van der Waals surface area contributed by atoms with Crippen LogP contribution in [0.1, 0.15) is 62.6 Å². The Kier molecular flexibility index (Phi) is 4.48. The summed E-state index contributed by atoms with van der Waals surface area (Å²) < 4.78 is 3.90. The second-order valence-corrected chi connectivity index (χ2v) is 4.62. The Labute approximate surface area is 89.3 Å². The minimum atomic E-state index is -0.368. The quantitative estimate of drug-likeness (QED) is 0.819. The summed E-state index contributed by atoms with van der Waals surface area (Å²) >= 11 is 1.33. The van der Waals surface area contributed by atoms with Gasteiger partial charge in [-0.25, -0.2) is 0 Å². The minimum Gasteiger partial charge on any atom is -0.387 e. The third-order valence-corrected chi connectivity index (χ3v) is 3.06. The molecule has 0 amide bonds. The first-order valence-corrected chi connectivity index (χ1v) is 5.94. The van der Waals surface area contributed by atoms with Gasteiger partial charge in [-0.05, 0) is 23.9 Å². The van der Waals surface area contributed by atoms with Gasteiger partial charge in [0, 0.05) is 0 Å². The molecule has 0 radical (unpaired) electrons. The highest BCUT2D eigenvalue weighted by Gasteiger charge is 2.18. The maximum absolute atomic E-state index is 9.90. The molecule has 80 valence electrons. The van der Waals surface area contributed by atoms with Crippen LogP contribution < -0.4 is 0 Å². The summed E-state index contributed by atoms with van der Waals surface area (Å²) in [5, 5.41) is 14.0. The van der Waals surface area contributed by atoms with Gasteiger partial charge in [-0.15, -0.1) is 5.10 Å². The highest BCUT2D eigenvalue weighted by atomic mass is 32.1. The Morgan fingerprint density at radius 1 is 1.43 bits per heavy atom. The van der Waals surface area contributed by atoms with Crippen LogP contribution in [0.5, 0.6) is 0 Å². The van der Waals surface area contributed by atoms with Gasteiger partial charge in [-0.3, -0.25) is 0 Å². The molecule has 1 aromatic rings. The smallest absolute Gasteiger partial charge is 0.0917 e. The molecule has 0 aliphatic rings. The van der Waals surface area contributed by atoms with Crippen molar-refractivity contribution in [1.82, 2.24) is 9.59 Å². The monoisotopic (exact) mass is 214 g/mol. The van der Waals surface area contributed by atoms with Crippen LogP contribution >= 0.6 is 11.5 Å². The fourth-order valence-electron chi connectivity index (χ4n) is 1.36. The largest absolute Gasteiger partial charge is 0.387 e. The van der Waals surface area contributed by atoms with Gasteiger partial charge in [-0.1, -0.05) is 38.1 Å². The number of aliphatic hydroxyl groups is 1. The number of hydrogen-bond donors (Lipinski definition) is 1. The van der Waals surface area contributed by atoms with Crippen LogP contribution in [0.25, 0.3) is 0 Å². The summed E-state index contributed by atoms with van der Waals surface area (Å²) in [4.78, 5) is 0.952. The van der Waals surface area contributed by atoms with E-state index in [1.165, 1.54) is 11.5 Å². The molecule has 4 heteroatoms. The molecule has 1 aromatic heterocycles. The van der Waals surface area contributed by atoms with Crippen molar-refractivity contribution in [3.05, 3.63) is 10.6 Å². The third-order valence-electron chi connectivity index (χ3n) is 2.22. The highest BCUT2D eigenvalue weighted by Crippen LogP contribution is 2.28. The molecule has 0 spiro atoms. The van der Waals surface area contributed by atoms with E-state index in [2.05, 4.69) is 30.4 Å². The average Bonchev–Trinajstić information content (AvgIpc) is 2.62. The summed E-state index contributed by atoms with van der Waals surface area (Å²) in [5.41, 5.74) is 0.957. The van der Waals surface area contributed by atoms with Gasteiger partial charge >= 0.3 is 0 Å². The molecule has 1 N–H and O–H groups in total. The topological polar surface area (TPSA) is 46.0 Å². The molecule has 0 fully saturated rings. The van der Waals surface area contributed by atoms with E-state index in [4.69, 9.17) is 0 Å². The maximum Gasteiger partial charge on any atom is 0.0917 e. The molecule has 0 aromatic carbocycles. The van der Waals surface area contributed by atoms with Crippen molar-refractivity contribution in [2.45, 2.75) is 52.1 Å². The molecule has 1 unspecified atom stereocenters. The minimum absolute atomic E-state index is 0.347. The van der Waals surface area contributed by atoms with Gasteiger partial charge in [-0.2, -0.15) is 0 Å². The van der Waals surface area contributed by atoms with Gasteiger partial charge in [0.15, 0.2) is 0 Å². The van der Waals surface area contributed by atoms with E-state index in [9.17, 15) is 5.11 Å². The van der Waals surface area contributed by atoms with E-state index in [1.54, 1.807) is 0 Å². The summed E-state index contributed by atoms with van der Waals surface area (Å²) in [6.45, 7) is 6.28. The van der Waals surface area contributed by atoms with Crippen LogP contribution in [0.4, 0.5) is 0 Å². The Bertz CT molecular complexity index is 273. The summed E-state index contributed by atoms with van der Waals surface area (Å²) in [7, 11) is 0.